The highest BCUT2D eigenvalue weighted by molar-refractivity contribution is 5.89. The van der Waals surface area contributed by atoms with E-state index in [9.17, 15) is 4.39 Å². The standard InChI is InChI=1S/C12H10FNO/c13-11(6-8-15)9-3-1-5-12-10(9)4-2-7-14-12/h1-7,15H,8H2. The van der Waals surface area contributed by atoms with Crippen LogP contribution in [0.25, 0.3) is 16.7 Å². The average molecular weight is 203 g/mol. The van der Waals surface area contributed by atoms with Gasteiger partial charge < -0.3 is 5.11 Å². The molecule has 0 aliphatic carbocycles. The molecule has 15 heavy (non-hydrogen) atoms. The van der Waals surface area contributed by atoms with Crippen LogP contribution in [0.15, 0.2) is 42.6 Å². The number of hydrogen-bond acceptors (Lipinski definition) is 2. The van der Waals surface area contributed by atoms with E-state index in [2.05, 4.69) is 4.98 Å². The zero-order valence-electron chi connectivity index (χ0n) is 8.02. The lowest BCUT2D eigenvalue weighted by atomic mass is 10.1. The summed E-state index contributed by atoms with van der Waals surface area (Å²) in [5.74, 6) is -0.420. The number of aromatic nitrogens is 1. The summed E-state index contributed by atoms with van der Waals surface area (Å²) in [5, 5.41) is 9.39. The summed E-state index contributed by atoms with van der Waals surface area (Å²) in [5.41, 5.74) is 1.21. The lowest BCUT2D eigenvalue weighted by Gasteiger charge is -2.02. The first-order valence-electron chi connectivity index (χ1n) is 4.63. The van der Waals surface area contributed by atoms with Gasteiger partial charge in [-0.05, 0) is 18.2 Å². The minimum Gasteiger partial charge on any atom is -0.392 e. The molecule has 0 fully saturated rings. The Morgan fingerprint density at radius 1 is 1.33 bits per heavy atom. The van der Waals surface area contributed by atoms with Crippen LogP contribution in [-0.4, -0.2) is 16.7 Å². The fourth-order valence-electron chi connectivity index (χ4n) is 1.50. The fourth-order valence-corrected chi connectivity index (χ4v) is 1.50. The van der Waals surface area contributed by atoms with E-state index < -0.39 is 5.83 Å². The van der Waals surface area contributed by atoms with Crippen molar-refractivity contribution in [3.63, 3.8) is 0 Å². The molecule has 0 aliphatic heterocycles. The van der Waals surface area contributed by atoms with Gasteiger partial charge in [0.25, 0.3) is 0 Å². The molecule has 0 saturated carbocycles. The summed E-state index contributed by atoms with van der Waals surface area (Å²) in [6, 6.07) is 8.81. The first-order valence-corrected chi connectivity index (χ1v) is 4.63. The van der Waals surface area contributed by atoms with Crippen molar-refractivity contribution >= 4 is 16.7 Å². The molecular formula is C12H10FNO. The molecule has 2 rings (SSSR count). The van der Waals surface area contributed by atoms with Gasteiger partial charge in [0.15, 0.2) is 0 Å². The van der Waals surface area contributed by atoms with E-state index in [1.54, 1.807) is 24.4 Å². The van der Waals surface area contributed by atoms with Crippen molar-refractivity contribution in [1.29, 1.82) is 0 Å². The van der Waals surface area contributed by atoms with Crippen LogP contribution in [0.3, 0.4) is 0 Å². The molecule has 0 bridgehead atoms. The zero-order valence-corrected chi connectivity index (χ0v) is 8.02. The second-order valence-corrected chi connectivity index (χ2v) is 3.11. The SMILES string of the molecule is OCC=C(F)c1cccc2ncccc12. The van der Waals surface area contributed by atoms with Crippen molar-refractivity contribution in [2.24, 2.45) is 0 Å². The highest BCUT2D eigenvalue weighted by atomic mass is 19.1. The maximum absolute atomic E-state index is 13.5. The van der Waals surface area contributed by atoms with Crippen LogP contribution in [0.1, 0.15) is 5.56 Å². The summed E-state index contributed by atoms with van der Waals surface area (Å²) < 4.78 is 13.5. The van der Waals surface area contributed by atoms with Crippen LogP contribution in [0.2, 0.25) is 0 Å². The third-order valence-electron chi connectivity index (χ3n) is 2.17. The Kier molecular flexibility index (Phi) is 2.74. The van der Waals surface area contributed by atoms with E-state index in [0.29, 0.717) is 5.56 Å². The molecule has 0 unspecified atom stereocenters. The molecule has 76 valence electrons. The minimum absolute atomic E-state index is 0.303. The Labute approximate surface area is 86.7 Å². The molecule has 1 aromatic heterocycles. The van der Waals surface area contributed by atoms with E-state index in [1.807, 2.05) is 12.1 Å². The summed E-state index contributed by atoms with van der Waals surface area (Å²) >= 11 is 0. The molecule has 0 atom stereocenters. The third kappa shape index (κ3) is 1.87. The van der Waals surface area contributed by atoms with Crippen LogP contribution >= 0.6 is 0 Å². The number of nitrogens with zero attached hydrogens (tertiary/aromatic N) is 1. The number of halogens is 1. The van der Waals surface area contributed by atoms with Crippen LogP contribution < -0.4 is 0 Å². The number of aliphatic hydroxyl groups excluding tert-OH is 1. The first-order chi connectivity index (χ1) is 7.33. The lowest BCUT2D eigenvalue weighted by Crippen LogP contribution is -1.85. The number of rotatable bonds is 2. The lowest BCUT2D eigenvalue weighted by molar-refractivity contribution is 0.342. The zero-order chi connectivity index (χ0) is 10.7. The highest BCUT2D eigenvalue weighted by Gasteiger charge is 2.04. The molecule has 0 amide bonds. The molecule has 2 aromatic rings. The smallest absolute Gasteiger partial charge is 0.129 e. The molecule has 1 N–H and O–H groups in total. The van der Waals surface area contributed by atoms with Crippen molar-refractivity contribution in [2.75, 3.05) is 6.61 Å². The minimum atomic E-state index is -0.420. The van der Waals surface area contributed by atoms with Gasteiger partial charge in [0.05, 0.1) is 12.1 Å². The van der Waals surface area contributed by atoms with Gasteiger partial charge in [0.2, 0.25) is 0 Å². The van der Waals surface area contributed by atoms with Crippen molar-refractivity contribution in [3.05, 3.63) is 48.2 Å². The van der Waals surface area contributed by atoms with Gasteiger partial charge in [0.1, 0.15) is 5.83 Å². The number of fused-ring (bicyclic) bond motifs is 1. The molecule has 1 aromatic carbocycles. The maximum Gasteiger partial charge on any atom is 0.129 e. The van der Waals surface area contributed by atoms with Gasteiger partial charge in [-0.2, -0.15) is 0 Å². The number of pyridine rings is 1. The van der Waals surface area contributed by atoms with Gasteiger partial charge in [-0.1, -0.05) is 18.2 Å². The second-order valence-electron chi connectivity index (χ2n) is 3.11. The van der Waals surface area contributed by atoms with Gasteiger partial charge in [-0.15, -0.1) is 0 Å². The Bertz CT molecular complexity index is 502. The van der Waals surface area contributed by atoms with Crippen molar-refractivity contribution < 1.29 is 9.50 Å². The molecule has 2 nitrogen and oxygen atoms in total. The van der Waals surface area contributed by atoms with Crippen LogP contribution in [-0.2, 0) is 0 Å². The summed E-state index contributed by atoms with van der Waals surface area (Å²) in [4.78, 5) is 4.13. The number of hydrogen-bond donors (Lipinski definition) is 1. The summed E-state index contributed by atoms with van der Waals surface area (Å²) in [6.45, 7) is -0.303. The topological polar surface area (TPSA) is 33.1 Å². The summed E-state index contributed by atoms with van der Waals surface area (Å²) in [7, 11) is 0. The summed E-state index contributed by atoms with van der Waals surface area (Å²) in [6.07, 6.45) is 2.81. The molecule has 0 saturated heterocycles. The molecule has 3 heteroatoms. The molecule has 0 aliphatic rings. The predicted molar refractivity (Wildman–Crippen MR) is 57.9 cm³/mol. The van der Waals surface area contributed by atoms with Gasteiger partial charge in [-0.3, -0.25) is 4.98 Å². The Morgan fingerprint density at radius 3 is 3.00 bits per heavy atom. The Morgan fingerprint density at radius 2 is 2.20 bits per heavy atom. The normalized spacial score (nSPS) is 12.0. The van der Waals surface area contributed by atoms with E-state index in [0.717, 1.165) is 17.0 Å². The number of benzene rings is 1. The predicted octanol–water partition coefficient (Wildman–Crippen LogP) is 2.54. The first kappa shape index (κ1) is 9.80. The van der Waals surface area contributed by atoms with Crippen molar-refractivity contribution in [2.45, 2.75) is 0 Å². The van der Waals surface area contributed by atoms with E-state index >= 15 is 0 Å². The third-order valence-corrected chi connectivity index (χ3v) is 2.17. The highest BCUT2D eigenvalue weighted by Crippen LogP contribution is 2.24. The molecule has 0 radical (unpaired) electrons. The molecule has 1 heterocycles. The van der Waals surface area contributed by atoms with E-state index in [4.69, 9.17) is 5.11 Å². The molecule has 0 spiro atoms. The Balaban J connectivity index is 2.66. The largest absolute Gasteiger partial charge is 0.392 e. The average Bonchev–Trinajstić information content (AvgIpc) is 2.28. The Hall–Kier alpha value is -1.74. The van der Waals surface area contributed by atoms with E-state index in [-0.39, 0.29) is 6.61 Å². The van der Waals surface area contributed by atoms with Crippen molar-refractivity contribution in [3.8, 4) is 0 Å². The van der Waals surface area contributed by atoms with E-state index in [1.165, 1.54) is 0 Å². The van der Waals surface area contributed by atoms with Gasteiger partial charge >= 0.3 is 0 Å². The second kappa shape index (κ2) is 4.19. The van der Waals surface area contributed by atoms with Gasteiger partial charge in [-0.25, -0.2) is 4.39 Å². The van der Waals surface area contributed by atoms with Crippen LogP contribution in [0, 0.1) is 0 Å². The van der Waals surface area contributed by atoms with Gasteiger partial charge in [0, 0.05) is 17.1 Å². The fraction of sp³-hybridized carbons (Fsp3) is 0.0833. The molecular weight excluding hydrogens is 193 g/mol. The monoisotopic (exact) mass is 203 g/mol. The van der Waals surface area contributed by atoms with Crippen LogP contribution in [0.4, 0.5) is 4.39 Å². The maximum atomic E-state index is 13.5. The number of aliphatic hydroxyl groups is 1. The van der Waals surface area contributed by atoms with Crippen LogP contribution in [0.5, 0.6) is 0 Å². The quantitative estimate of drug-likeness (QED) is 0.813. The van der Waals surface area contributed by atoms with Crippen molar-refractivity contribution in [1.82, 2.24) is 4.98 Å².